The largest absolute Gasteiger partial charge is 0.416 e. The van der Waals surface area contributed by atoms with E-state index in [1.54, 1.807) is 0 Å². The second-order valence-electron chi connectivity index (χ2n) is 4.71. The number of nitrogens with one attached hydrogen (secondary N) is 1. The van der Waals surface area contributed by atoms with Crippen LogP contribution in [-0.2, 0) is 6.18 Å². The molecule has 2 rings (SSSR count). The maximum atomic E-state index is 13.1. The van der Waals surface area contributed by atoms with E-state index in [2.05, 4.69) is 5.32 Å². The lowest BCUT2D eigenvalue weighted by Gasteiger charge is -2.35. The Morgan fingerprint density at radius 2 is 1.95 bits per heavy atom. The van der Waals surface area contributed by atoms with Crippen LogP contribution in [0.1, 0.15) is 17.2 Å². The minimum atomic E-state index is -4.48. The van der Waals surface area contributed by atoms with Crippen molar-refractivity contribution in [3.05, 3.63) is 34.3 Å². The molecule has 3 nitrogen and oxygen atoms in total. The highest BCUT2D eigenvalue weighted by atomic mass is 35.5. The highest BCUT2D eigenvalue weighted by Gasteiger charge is 2.36. The summed E-state index contributed by atoms with van der Waals surface area (Å²) in [4.78, 5) is 1.86. The van der Waals surface area contributed by atoms with E-state index in [1.165, 1.54) is 12.1 Å². The molecule has 0 bridgehead atoms. The Morgan fingerprint density at radius 1 is 1.30 bits per heavy atom. The predicted octanol–water partition coefficient (Wildman–Crippen LogP) is 2.30. The number of aliphatic hydroxyl groups is 1. The van der Waals surface area contributed by atoms with Gasteiger partial charge in [0.25, 0.3) is 0 Å². The Morgan fingerprint density at radius 3 is 2.50 bits per heavy atom. The Kier molecular flexibility index (Phi) is 4.90. The average molecular weight is 309 g/mol. The van der Waals surface area contributed by atoms with Crippen LogP contribution in [0.4, 0.5) is 13.2 Å². The standard InChI is InChI=1S/C13H16ClF3N2O/c14-9-1-2-10(11(7-9)13(15,16)17)12(8-20)19-5-3-18-4-6-19/h1-2,7,12,18,20H,3-6,8H2/t12-/m1/s1. The van der Waals surface area contributed by atoms with E-state index in [-0.39, 0.29) is 17.2 Å². The van der Waals surface area contributed by atoms with E-state index in [9.17, 15) is 18.3 Å². The Bertz CT molecular complexity index is 461. The summed E-state index contributed by atoms with van der Waals surface area (Å²) >= 11 is 5.67. The summed E-state index contributed by atoms with van der Waals surface area (Å²) in [5, 5.41) is 12.7. The smallest absolute Gasteiger partial charge is 0.394 e. The number of aliphatic hydroxyl groups excluding tert-OH is 1. The van der Waals surface area contributed by atoms with Crippen LogP contribution in [0.5, 0.6) is 0 Å². The highest BCUT2D eigenvalue weighted by molar-refractivity contribution is 6.30. The molecule has 0 radical (unpaired) electrons. The van der Waals surface area contributed by atoms with Gasteiger partial charge in [-0.1, -0.05) is 17.7 Å². The van der Waals surface area contributed by atoms with Crippen molar-refractivity contribution in [2.24, 2.45) is 0 Å². The molecule has 0 aliphatic carbocycles. The molecule has 1 atom stereocenters. The molecule has 0 spiro atoms. The van der Waals surface area contributed by atoms with E-state index in [0.29, 0.717) is 26.2 Å². The van der Waals surface area contributed by atoms with Gasteiger partial charge in [0.15, 0.2) is 0 Å². The Balaban J connectivity index is 2.38. The topological polar surface area (TPSA) is 35.5 Å². The van der Waals surface area contributed by atoms with Gasteiger partial charge in [0.1, 0.15) is 0 Å². The summed E-state index contributed by atoms with van der Waals surface area (Å²) < 4.78 is 39.4. The molecular formula is C13H16ClF3N2O. The number of nitrogens with zero attached hydrogens (tertiary/aromatic N) is 1. The van der Waals surface area contributed by atoms with Gasteiger partial charge >= 0.3 is 6.18 Å². The molecule has 0 amide bonds. The Hall–Kier alpha value is -0.820. The monoisotopic (exact) mass is 308 g/mol. The van der Waals surface area contributed by atoms with E-state index in [1.807, 2.05) is 4.90 Å². The Labute approximate surface area is 120 Å². The molecule has 112 valence electrons. The lowest BCUT2D eigenvalue weighted by molar-refractivity contribution is -0.139. The lowest BCUT2D eigenvalue weighted by Crippen LogP contribution is -2.46. The molecule has 0 aromatic heterocycles. The fourth-order valence-corrected chi connectivity index (χ4v) is 2.64. The number of rotatable bonds is 3. The quantitative estimate of drug-likeness (QED) is 0.899. The van der Waals surface area contributed by atoms with Gasteiger partial charge in [0, 0.05) is 31.2 Å². The minimum Gasteiger partial charge on any atom is -0.394 e. The molecule has 1 fully saturated rings. The summed E-state index contributed by atoms with van der Waals surface area (Å²) in [5.41, 5.74) is -0.700. The van der Waals surface area contributed by atoms with Crippen molar-refractivity contribution >= 4 is 11.6 Å². The van der Waals surface area contributed by atoms with Gasteiger partial charge in [0.2, 0.25) is 0 Å². The molecule has 1 heterocycles. The van der Waals surface area contributed by atoms with Crippen molar-refractivity contribution in [1.82, 2.24) is 10.2 Å². The van der Waals surface area contributed by atoms with Crippen LogP contribution in [-0.4, -0.2) is 42.8 Å². The number of halogens is 4. The molecule has 20 heavy (non-hydrogen) atoms. The van der Waals surface area contributed by atoms with Gasteiger partial charge in [-0.05, 0) is 17.7 Å². The van der Waals surface area contributed by atoms with E-state index < -0.39 is 17.8 Å². The van der Waals surface area contributed by atoms with Crippen LogP contribution >= 0.6 is 11.6 Å². The van der Waals surface area contributed by atoms with Gasteiger partial charge in [-0.2, -0.15) is 13.2 Å². The zero-order chi connectivity index (χ0) is 14.8. The van der Waals surface area contributed by atoms with Crippen molar-refractivity contribution in [3.8, 4) is 0 Å². The zero-order valence-corrected chi connectivity index (χ0v) is 11.5. The second kappa shape index (κ2) is 6.30. The average Bonchev–Trinajstić information content (AvgIpc) is 2.41. The minimum absolute atomic E-state index is 0.0399. The molecule has 1 aromatic carbocycles. The molecule has 2 N–H and O–H groups in total. The molecular weight excluding hydrogens is 293 g/mol. The second-order valence-corrected chi connectivity index (χ2v) is 5.15. The number of hydrogen-bond donors (Lipinski definition) is 2. The third kappa shape index (κ3) is 3.44. The van der Waals surface area contributed by atoms with Crippen molar-refractivity contribution in [2.45, 2.75) is 12.2 Å². The third-order valence-corrected chi connectivity index (χ3v) is 3.68. The van der Waals surface area contributed by atoms with E-state index in [4.69, 9.17) is 11.6 Å². The molecule has 0 saturated carbocycles. The van der Waals surface area contributed by atoms with Crippen LogP contribution in [0.2, 0.25) is 5.02 Å². The molecule has 1 saturated heterocycles. The van der Waals surface area contributed by atoms with Crippen LogP contribution < -0.4 is 5.32 Å². The van der Waals surface area contributed by atoms with Gasteiger partial charge in [-0.15, -0.1) is 0 Å². The maximum Gasteiger partial charge on any atom is 0.416 e. The van der Waals surface area contributed by atoms with Crippen molar-refractivity contribution in [1.29, 1.82) is 0 Å². The fraction of sp³-hybridized carbons (Fsp3) is 0.538. The molecule has 7 heteroatoms. The normalized spacial score (nSPS) is 19.1. The first-order valence-corrected chi connectivity index (χ1v) is 6.73. The first kappa shape index (κ1) is 15.6. The lowest BCUT2D eigenvalue weighted by atomic mass is 9.98. The highest BCUT2D eigenvalue weighted by Crippen LogP contribution is 2.37. The van der Waals surface area contributed by atoms with E-state index in [0.717, 1.165) is 6.07 Å². The summed E-state index contributed by atoms with van der Waals surface area (Å²) in [6.07, 6.45) is -4.48. The first-order valence-electron chi connectivity index (χ1n) is 6.35. The maximum absolute atomic E-state index is 13.1. The summed E-state index contributed by atoms with van der Waals surface area (Å²) in [5.74, 6) is 0. The van der Waals surface area contributed by atoms with Gasteiger partial charge in [-0.25, -0.2) is 0 Å². The molecule has 1 aliphatic rings. The molecule has 1 aromatic rings. The van der Waals surface area contributed by atoms with Gasteiger partial charge in [-0.3, -0.25) is 4.90 Å². The van der Waals surface area contributed by atoms with Gasteiger partial charge < -0.3 is 10.4 Å². The number of benzene rings is 1. The molecule has 1 aliphatic heterocycles. The number of piperazine rings is 1. The van der Waals surface area contributed by atoms with Crippen LogP contribution in [0.25, 0.3) is 0 Å². The summed E-state index contributed by atoms with van der Waals surface area (Å²) in [6.45, 7) is 2.25. The van der Waals surface area contributed by atoms with Crippen LogP contribution in [0.3, 0.4) is 0 Å². The SMILES string of the molecule is OC[C@H](c1ccc(Cl)cc1C(F)(F)F)N1CCNCC1. The zero-order valence-electron chi connectivity index (χ0n) is 10.8. The number of hydrogen-bond acceptors (Lipinski definition) is 3. The third-order valence-electron chi connectivity index (χ3n) is 3.45. The van der Waals surface area contributed by atoms with Crippen molar-refractivity contribution in [3.63, 3.8) is 0 Å². The van der Waals surface area contributed by atoms with Gasteiger partial charge in [0.05, 0.1) is 18.2 Å². The first-order chi connectivity index (χ1) is 9.43. The van der Waals surface area contributed by atoms with Crippen molar-refractivity contribution < 1.29 is 18.3 Å². The van der Waals surface area contributed by atoms with Crippen LogP contribution in [0.15, 0.2) is 18.2 Å². The number of alkyl halides is 3. The fourth-order valence-electron chi connectivity index (χ4n) is 2.47. The van der Waals surface area contributed by atoms with Crippen molar-refractivity contribution in [2.75, 3.05) is 32.8 Å². The van der Waals surface area contributed by atoms with E-state index >= 15 is 0 Å². The summed E-state index contributed by atoms with van der Waals surface area (Å²) in [7, 11) is 0. The van der Waals surface area contributed by atoms with Crippen LogP contribution in [0, 0.1) is 0 Å². The molecule has 0 unspecified atom stereocenters. The summed E-state index contributed by atoms with van der Waals surface area (Å²) in [6, 6.07) is 3.04. The predicted molar refractivity (Wildman–Crippen MR) is 70.7 cm³/mol.